The molecule has 0 saturated carbocycles. The summed E-state index contributed by atoms with van der Waals surface area (Å²) in [6.07, 6.45) is 7.00. The first kappa shape index (κ1) is 19.9. The Bertz CT molecular complexity index is 197. The molecule has 2 nitrogen and oxygen atoms in total. The summed E-state index contributed by atoms with van der Waals surface area (Å²) in [7, 11) is 0. The summed E-state index contributed by atoms with van der Waals surface area (Å²) in [5, 5.41) is 0. The van der Waals surface area contributed by atoms with Crippen LogP contribution in [-0.4, -0.2) is 9.97 Å². The predicted octanol–water partition coefficient (Wildman–Crippen LogP) is -3.83. The van der Waals surface area contributed by atoms with Gasteiger partial charge in [0.25, 0.3) is 0 Å². The van der Waals surface area contributed by atoms with Crippen LogP contribution in [0.5, 0.6) is 0 Å². The van der Waals surface area contributed by atoms with Crippen molar-refractivity contribution in [3.05, 3.63) is 61.2 Å². The van der Waals surface area contributed by atoms with E-state index >= 15 is 0 Å². The zero-order valence-electron chi connectivity index (χ0n) is 7.76. The zero-order chi connectivity index (χ0) is 8.49. The van der Waals surface area contributed by atoms with Gasteiger partial charge in [-0.1, -0.05) is 12.1 Å². The normalized spacial score (nSPS) is 6.40. The first-order valence-electron chi connectivity index (χ1n) is 3.70. The third kappa shape index (κ3) is 13.4. The Morgan fingerprint density at radius 2 is 0.733 bits per heavy atom. The van der Waals surface area contributed by atoms with Gasteiger partial charge >= 0.3 is 0 Å². The summed E-state index contributed by atoms with van der Waals surface area (Å²) in [6, 6.07) is 11.4. The van der Waals surface area contributed by atoms with Crippen molar-refractivity contribution in [1.82, 2.24) is 9.97 Å². The summed E-state index contributed by atoms with van der Waals surface area (Å²) in [5.41, 5.74) is 0. The number of rotatable bonds is 0. The van der Waals surface area contributed by atoms with E-state index in [0.717, 1.165) is 0 Å². The summed E-state index contributed by atoms with van der Waals surface area (Å²) >= 11 is 0. The van der Waals surface area contributed by atoms with Gasteiger partial charge in [-0.3, -0.25) is 9.97 Å². The van der Waals surface area contributed by atoms with Crippen LogP contribution in [0.4, 0.5) is 0 Å². The van der Waals surface area contributed by atoms with E-state index in [9.17, 15) is 0 Å². The van der Waals surface area contributed by atoms with E-state index in [2.05, 4.69) is 9.97 Å². The molecule has 0 aliphatic carbocycles. The molecule has 0 amide bonds. The van der Waals surface area contributed by atoms with Gasteiger partial charge in [-0.05, 0) is 24.3 Å². The van der Waals surface area contributed by atoms with Crippen LogP contribution in [0, 0.1) is 0 Å². The molecule has 1 radical (unpaired) electrons. The van der Waals surface area contributed by atoms with Crippen LogP contribution < -0.4 is 24.8 Å². The number of nitrogens with zero attached hydrogens (tertiary/aromatic N) is 2. The van der Waals surface area contributed by atoms with E-state index in [1.165, 1.54) is 0 Å². The second-order valence-electron chi connectivity index (χ2n) is 2.05. The van der Waals surface area contributed by atoms with Crippen molar-refractivity contribution in [2.75, 3.05) is 0 Å². The molecule has 2 heterocycles. The molecule has 0 bridgehead atoms. The van der Waals surface area contributed by atoms with E-state index < -0.39 is 0 Å². The van der Waals surface area contributed by atoms with Crippen LogP contribution >= 0.6 is 0 Å². The number of hydrogen-bond donors (Lipinski definition) is 0. The molecule has 0 N–H and O–H groups in total. The first-order valence-corrected chi connectivity index (χ1v) is 3.70. The Balaban J connectivity index is -0.000000160. The van der Waals surface area contributed by atoms with Crippen LogP contribution in [-0.2, 0) is 16.8 Å². The molecule has 0 aromatic carbocycles. The van der Waals surface area contributed by atoms with Crippen molar-refractivity contribution in [3.63, 3.8) is 0 Å². The molecule has 85 valence electrons. The maximum atomic E-state index is 3.78. The summed E-state index contributed by atoms with van der Waals surface area (Å²) in [4.78, 5) is 7.57. The SMILES string of the molecule is [Cl-].[Cl-].[Co].c1ccncc1.c1ccncc1. The monoisotopic (exact) mass is 287 g/mol. The van der Waals surface area contributed by atoms with Gasteiger partial charge in [0.15, 0.2) is 0 Å². The zero-order valence-corrected chi connectivity index (χ0v) is 10.3. The third-order valence-corrected chi connectivity index (χ3v) is 1.13. The molecule has 0 aliphatic heterocycles. The molecular formula is C10H10Cl2CoN2-2. The third-order valence-electron chi connectivity index (χ3n) is 1.13. The first-order chi connectivity index (χ1) is 6.00. The van der Waals surface area contributed by atoms with E-state index in [0.29, 0.717) is 0 Å². The molecule has 2 aromatic rings. The van der Waals surface area contributed by atoms with E-state index in [-0.39, 0.29) is 41.6 Å². The maximum absolute atomic E-state index is 3.78. The average Bonchev–Trinajstić information content (AvgIpc) is 2.24. The van der Waals surface area contributed by atoms with Crippen molar-refractivity contribution in [2.24, 2.45) is 0 Å². The fourth-order valence-electron chi connectivity index (χ4n) is 0.625. The molecular weight excluding hydrogens is 278 g/mol. The van der Waals surface area contributed by atoms with Crippen molar-refractivity contribution in [2.45, 2.75) is 0 Å². The smallest absolute Gasteiger partial charge is 0.0267 e. The van der Waals surface area contributed by atoms with Crippen molar-refractivity contribution >= 4 is 0 Å². The molecule has 0 aliphatic rings. The topological polar surface area (TPSA) is 25.8 Å². The quantitative estimate of drug-likeness (QED) is 0.496. The maximum Gasteiger partial charge on any atom is 0.0267 e. The van der Waals surface area contributed by atoms with Gasteiger partial charge in [-0.25, -0.2) is 0 Å². The summed E-state index contributed by atoms with van der Waals surface area (Å²) < 4.78 is 0. The molecule has 0 fully saturated rings. The second-order valence-corrected chi connectivity index (χ2v) is 2.05. The number of hydrogen-bond acceptors (Lipinski definition) is 2. The molecule has 15 heavy (non-hydrogen) atoms. The van der Waals surface area contributed by atoms with E-state index in [1.54, 1.807) is 24.8 Å². The predicted molar refractivity (Wildman–Crippen MR) is 48.5 cm³/mol. The molecule has 0 atom stereocenters. The van der Waals surface area contributed by atoms with Crippen molar-refractivity contribution < 1.29 is 41.6 Å². The van der Waals surface area contributed by atoms with E-state index in [1.807, 2.05) is 36.4 Å². The van der Waals surface area contributed by atoms with Crippen LogP contribution in [0.2, 0.25) is 0 Å². The Labute approximate surface area is 113 Å². The van der Waals surface area contributed by atoms with Crippen LogP contribution in [0.3, 0.4) is 0 Å². The van der Waals surface area contributed by atoms with Gasteiger partial charge in [0, 0.05) is 41.6 Å². The fraction of sp³-hybridized carbons (Fsp3) is 0. The van der Waals surface area contributed by atoms with Gasteiger partial charge in [0.05, 0.1) is 0 Å². The fourth-order valence-corrected chi connectivity index (χ4v) is 0.625. The molecule has 5 heteroatoms. The largest absolute Gasteiger partial charge is 1.00 e. The Morgan fingerprint density at radius 1 is 0.467 bits per heavy atom. The summed E-state index contributed by atoms with van der Waals surface area (Å²) in [5.74, 6) is 0. The van der Waals surface area contributed by atoms with Crippen LogP contribution in [0.1, 0.15) is 0 Å². The number of aromatic nitrogens is 2. The minimum Gasteiger partial charge on any atom is -1.00 e. The van der Waals surface area contributed by atoms with Crippen LogP contribution in [0.15, 0.2) is 61.2 Å². The minimum atomic E-state index is 0. The molecule has 0 unspecified atom stereocenters. The Morgan fingerprint density at radius 3 is 0.800 bits per heavy atom. The van der Waals surface area contributed by atoms with Crippen molar-refractivity contribution in [1.29, 1.82) is 0 Å². The standard InChI is InChI=1S/2C5H5N.2ClH.Co/c2*1-2-4-6-5-3-1;;;/h2*1-5H;2*1H;/p-2. The number of halogens is 2. The van der Waals surface area contributed by atoms with Gasteiger partial charge < -0.3 is 24.8 Å². The molecule has 2 aromatic heterocycles. The van der Waals surface area contributed by atoms with Gasteiger partial charge in [-0.2, -0.15) is 0 Å². The average molecular weight is 288 g/mol. The molecule has 0 saturated heterocycles. The Kier molecular flexibility index (Phi) is 21.0. The minimum absolute atomic E-state index is 0. The van der Waals surface area contributed by atoms with Crippen molar-refractivity contribution in [3.8, 4) is 0 Å². The Hall–Kier alpha value is -0.614. The number of pyridine rings is 2. The molecule has 2 rings (SSSR count). The van der Waals surface area contributed by atoms with Gasteiger partial charge in [-0.15, -0.1) is 0 Å². The van der Waals surface area contributed by atoms with Gasteiger partial charge in [0.1, 0.15) is 0 Å². The van der Waals surface area contributed by atoms with Crippen LogP contribution in [0.25, 0.3) is 0 Å². The van der Waals surface area contributed by atoms with Gasteiger partial charge in [0.2, 0.25) is 0 Å². The van der Waals surface area contributed by atoms with E-state index in [4.69, 9.17) is 0 Å². The second kappa shape index (κ2) is 15.8. The summed E-state index contributed by atoms with van der Waals surface area (Å²) in [6.45, 7) is 0. The molecule has 0 spiro atoms.